The van der Waals surface area contributed by atoms with E-state index in [1.54, 1.807) is 30.1 Å². The number of nitrogens with one attached hydrogen (secondary N) is 1. The smallest absolute Gasteiger partial charge is 0.251 e. The van der Waals surface area contributed by atoms with Gasteiger partial charge in [-0.05, 0) is 37.3 Å². The highest BCUT2D eigenvalue weighted by Gasteiger charge is 2.11. The summed E-state index contributed by atoms with van der Waals surface area (Å²) in [6.45, 7) is 2.45. The van der Waals surface area contributed by atoms with Gasteiger partial charge in [-0.1, -0.05) is 53.2 Å². The summed E-state index contributed by atoms with van der Waals surface area (Å²) in [6, 6.07) is 23.1. The Balaban J connectivity index is 1.49. The first-order valence-electron chi connectivity index (χ1n) is 9.64. The first-order chi connectivity index (χ1) is 14.7. The molecule has 0 unspecified atom stereocenters. The average molecular weight is 398 g/mol. The lowest BCUT2D eigenvalue weighted by Crippen LogP contribution is -2.23. The largest absolute Gasteiger partial charge is 0.496 e. The minimum Gasteiger partial charge on any atom is -0.496 e. The molecule has 0 saturated carbocycles. The standard InChI is InChI=1S/C24H22N4O2/c1-17-7-9-18(10-8-17)22-16-26-27-28(22)21-13-11-19(12-14-21)24(29)25-15-20-5-3-4-6-23(20)30-2/h3-14,16H,15H2,1-2H3,(H,25,29). The summed E-state index contributed by atoms with van der Waals surface area (Å²) in [7, 11) is 1.62. The van der Waals surface area contributed by atoms with E-state index in [9.17, 15) is 4.79 Å². The molecule has 4 rings (SSSR count). The molecule has 1 N–H and O–H groups in total. The summed E-state index contributed by atoms with van der Waals surface area (Å²) in [5.41, 5.74) is 5.46. The van der Waals surface area contributed by atoms with Crippen LogP contribution in [0.25, 0.3) is 16.9 Å². The first kappa shape index (κ1) is 19.4. The average Bonchev–Trinajstić information content (AvgIpc) is 3.28. The minimum absolute atomic E-state index is 0.148. The molecule has 0 saturated heterocycles. The fourth-order valence-corrected chi connectivity index (χ4v) is 3.23. The minimum atomic E-state index is -0.148. The fourth-order valence-electron chi connectivity index (χ4n) is 3.23. The highest BCUT2D eigenvalue weighted by Crippen LogP contribution is 2.22. The number of benzene rings is 3. The molecule has 0 radical (unpaired) electrons. The van der Waals surface area contributed by atoms with Crippen molar-refractivity contribution in [2.45, 2.75) is 13.5 Å². The lowest BCUT2D eigenvalue weighted by molar-refractivity contribution is 0.0950. The summed E-state index contributed by atoms with van der Waals surface area (Å²) in [5.74, 6) is 0.604. The summed E-state index contributed by atoms with van der Waals surface area (Å²) in [5, 5.41) is 11.2. The zero-order chi connectivity index (χ0) is 20.9. The van der Waals surface area contributed by atoms with E-state index >= 15 is 0 Å². The highest BCUT2D eigenvalue weighted by atomic mass is 16.5. The number of para-hydroxylation sites is 1. The maximum Gasteiger partial charge on any atom is 0.251 e. The van der Waals surface area contributed by atoms with Crippen LogP contribution in [-0.2, 0) is 6.54 Å². The number of aromatic nitrogens is 3. The van der Waals surface area contributed by atoms with Crippen molar-refractivity contribution in [1.29, 1.82) is 0 Å². The van der Waals surface area contributed by atoms with Gasteiger partial charge >= 0.3 is 0 Å². The SMILES string of the molecule is COc1ccccc1CNC(=O)c1ccc(-n2nncc2-c2ccc(C)cc2)cc1. The van der Waals surface area contributed by atoms with Gasteiger partial charge in [0.15, 0.2) is 0 Å². The van der Waals surface area contributed by atoms with E-state index in [4.69, 9.17) is 4.74 Å². The van der Waals surface area contributed by atoms with Crippen LogP contribution in [0.5, 0.6) is 5.75 Å². The molecular weight excluding hydrogens is 376 g/mol. The predicted molar refractivity (Wildman–Crippen MR) is 116 cm³/mol. The monoisotopic (exact) mass is 398 g/mol. The van der Waals surface area contributed by atoms with Gasteiger partial charge in [-0.25, -0.2) is 4.68 Å². The second-order valence-corrected chi connectivity index (χ2v) is 6.94. The fraction of sp³-hybridized carbons (Fsp3) is 0.125. The van der Waals surface area contributed by atoms with E-state index in [1.165, 1.54) is 5.56 Å². The van der Waals surface area contributed by atoms with E-state index < -0.39 is 0 Å². The molecule has 0 aliphatic heterocycles. The predicted octanol–water partition coefficient (Wildman–Crippen LogP) is 4.18. The molecular formula is C24H22N4O2. The third-order valence-electron chi connectivity index (χ3n) is 4.90. The number of amides is 1. The van der Waals surface area contributed by atoms with Crippen LogP contribution >= 0.6 is 0 Å². The molecule has 4 aromatic rings. The number of rotatable bonds is 6. The maximum absolute atomic E-state index is 12.5. The molecule has 1 heterocycles. The van der Waals surface area contributed by atoms with Crippen molar-refractivity contribution in [2.24, 2.45) is 0 Å². The lowest BCUT2D eigenvalue weighted by Gasteiger charge is -2.10. The number of hydrogen-bond donors (Lipinski definition) is 1. The lowest BCUT2D eigenvalue weighted by atomic mass is 10.1. The Morgan fingerprint density at radius 3 is 2.47 bits per heavy atom. The normalized spacial score (nSPS) is 10.6. The summed E-state index contributed by atoms with van der Waals surface area (Å²) < 4.78 is 7.09. The van der Waals surface area contributed by atoms with E-state index in [2.05, 4.69) is 34.7 Å². The van der Waals surface area contributed by atoms with Crippen LogP contribution in [0.3, 0.4) is 0 Å². The highest BCUT2D eigenvalue weighted by molar-refractivity contribution is 5.94. The summed E-state index contributed by atoms with van der Waals surface area (Å²) >= 11 is 0. The number of ether oxygens (including phenoxy) is 1. The van der Waals surface area contributed by atoms with Crippen LogP contribution in [0, 0.1) is 6.92 Å². The second-order valence-electron chi connectivity index (χ2n) is 6.94. The van der Waals surface area contributed by atoms with Gasteiger partial charge in [-0.3, -0.25) is 4.79 Å². The summed E-state index contributed by atoms with van der Waals surface area (Å²) in [4.78, 5) is 12.5. The molecule has 0 fully saturated rings. The molecule has 1 aromatic heterocycles. The third kappa shape index (κ3) is 4.07. The molecule has 0 atom stereocenters. The van der Waals surface area contributed by atoms with Crippen LogP contribution in [0.15, 0.2) is 79.0 Å². The van der Waals surface area contributed by atoms with Crippen molar-refractivity contribution >= 4 is 5.91 Å². The Morgan fingerprint density at radius 1 is 1.00 bits per heavy atom. The topological polar surface area (TPSA) is 69.0 Å². The third-order valence-corrected chi connectivity index (χ3v) is 4.90. The van der Waals surface area contributed by atoms with Crippen molar-refractivity contribution in [1.82, 2.24) is 20.3 Å². The van der Waals surface area contributed by atoms with Gasteiger partial charge in [0.1, 0.15) is 5.75 Å². The van der Waals surface area contributed by atoms with Crippen molar-refractivity contribution in [3.63, 3.8) is 0 Å². The number of carbonyl (C=O) groups excluding carboxylic acids is 1. The van der Waals surface area contributed by atoms with Gasteiger partial charge in [0.25, 0.3) is 5.91 Å². The van der Waals surface area contributed by atoms with Crippen LogP contribution in [0.2, 0.25) is 0 Å². The number of hydrogen-bond acceptors (Lipinski definition) is 4. The molecule has 1 amide bonds. The van der Waals surface area contributed by atoms with Crippen molar-refractivity contribution < 1.29 is 9.53 Å². The zero-order valence-electron chi connectivity index (χ0n) is 16.9. The van der Waals surface area contributed by atoms with Crippen molar-refractivity contribution in [3.8, 4) is 22.7 Å². The Hall–Kier alpha value is -3.93. The van der Waals surface area contributed by atoms with E-state index in [0.29, 0.717) is 12.1 Å². The number of methoxy groups -OCH3 is 1. The molecule has 150 valence electrons. The molecule has 6 nitrogen and oxygen atoms in total. The van der Waals surface area contributed by atoms with Gasteiger partial charge in [0.05, 0.1) is 24.7 Å². The molecule has 0 aliphatic carbocycles. The van der Waals surface area contributed by atoms with Crippen LogP contribution < -0.4 is 10.1 Å². The van der Waals surface area contributed by atoms with Crippen LogP contribution in [-0.4, -0.2) is 28.0 Å². The Bertz CT molecular complexity index is 1150. The van der Waals surface area contributed by atoms with Crippen LogP contribution in [0.1, 0.15) is 21.5 Å². The Morgan fingerprint density at radius 2 is 1.73 bits per heavy atom. The van der Waals surface area contributed by atoms with Gasteiger partial charge in [0.2, 0.25) is 0 Å². The second kappa shape index (κ2) is 8.61. The molecule has 3 aromatic carbocycles. The van der Waals surface area contributed by atoms with Gasteiger partial charge in [-0.15, -0.1) is 5.10 Å². The van der Waals surface area contributed by atoms with Gasteiger partial charge < -0.3 is 10.1 Å². The van der Waals surface area contributed by atoms with E-state index in [0.717, 1.165) is 28.3 Å². The van der Waals surface area contributed by atoms with E-state index in [1.807, 2.05) is 48.5 Å². The Kier molecular flexibility index (Phi) is 5.57. The van der Waals surface area contributed by atoms with Gasteiger partial charge in [-0.2, -0.15) is 0 Å². The quantitative estimate of drug-likeness (QED) is 0.529. The molecule has 0 spiro atoms. The van der Waals surface area contributed by atoms with E-state index in [-0.39, 0.29) is 5.91 Å². The number of nitrogens with zero attached hydrogens (tertiary/aromatic N) is 3. The Labute approximate surface area is 175 Å². The number of aryl methyl sites for hydroxylation is 1. The molecule has 0 bridgehead atoms. The maximum atomic E-state index is 12.5. The number of carbonyl (C=O) groups is 1. The summed E-state index contributed by atoms with van der Waals surface area (Å²) in [6.07, 6.45) is 1.73. The van der Waals surface area contributed by atoms with Crippen molar-refractivity contribution in [2.75, 3.05) is 7.11 Å². The zero-order valence-corrected chi connectivity index (χ0v) is 16.9. The van der Waals surface area contributed by atoms with Gasteiger partial charge in [0, 0.05) is 23.2 Å². The molecule has 0 aliphatic rings. The first-order valence-corrected chi connectivity index (χ1v) is 9.64. The molecule has 6 heteroatoms. The van der Waals surface area contributed by atoms with Crippen LogP contribution in [0.4, 0.5) is 0 Å². The van der Waals surface area contributed by atoms with Crippen molar-refractivity contribution in [3.05, 3.63) is 95.7 Å². The molecule has 30 heavy (non-hydrogen) atoms.